The fourth-order valence-electron chi connectivity index (χ4n) is 3.50. The van der Waals surface area contributed by atoms with Crippen molar-refractivity contribution < 1.29 is 9.15 Å². The average Bonchev–Trinajstić information content (AvgIpc) is 3.21. The summed E-state index contributed by atoms with van der Waals surface area (Å²) in [6.07, 6.45) is 4.21. The lowest BCUT2D eigenvalue weighted by Crippen LogP contribution is -2.49. The summed E-state index contributed by atoms with van der Waals surface area (Å²) < 4.78 is 11.3. The molecule has 7 heteroatoms. The van der Waals surface area contributed by atoms with E-state index in [4.69, 9.17) is 9.15 Å². The number of aliphatic imine (C=N–C) groups is 1. The maximum Gasteiger partial charge on any atom is 0.226 e. The average molecular weight is 414 g/mol. The molecule has 0 radical (unpaired) electrons. The Morgan fingerprint density at radius 3 is 2.67 bits per heavy atom. The summed E-state index contributed by atoms with van der Waals surface area (Å²) >= 11 is 0. The molecule has 1 aliphatic heterocycles. The van der Waals surface area contributed by atoms with Gasteiger partial charge in [-0.25, -0.2) is 4.98 Å². The number of rotatable bonds is 8. The van der Waals surface area contributed by atoms with Crippen molar-refractivity contribution in [2.45, 2.75) is 52.3 Å². The minimum atomic E-state index is 0.302. The van der Waals surface area contributed by atoms with Crippen molar-refractivity contribution in [1.29, 1.82) is 0 Å². The van der Waals surface area contributed by atoms with Crippen LogP contribution in [0, 0.1) is 6.92 Å². The predicted octanol–water partition coefficient (Wildman–Crippen LogP) is 3.20. The van der Waals surface area contributed by atoms with Gasteiger partial charge in [-0.2, -0.15) is 0 Å². The molecular formula is C23H35N5O2. The van der Waals surface area contributed by atoms with Crippen molar-refractivity contribution in [2.75, 3.05) is 33.3 Å². The first-order chi connectivity index (χ1) is 14.5. The molecule has 2 N–H and O–H groups in total. The predicted molar refractivity (Wildman–Crippen MR) is 121 cm³/mol. The third-order valence-corrected chi connectivity index (χ3v) is 5.30. The van der Waals surface area contributed by atoms with Crippen LogP contribution >= 0.6 is 0 Å². The molecule has 7 nitrogen and oxygen atoms in total. The third-order valence-electron chi connectivity index (χ3n) is 5.30. The number of ether oxygens (including phenoxy) is 1. The van der Waals surface area contributed by atoms with Crippen LogP contribution in [0.15, 0.2) is 39.9 Å². The van der Waals surface area contributed by atoms with Crippen LogP contribution in [0.5, 0.6) is 0 Å². The van der Waals surface area contributed by atoms with Gasteiger partial charge in [-0.15, -0.1) is 0 Å². The summed E-state index contributed by atoms with van der Waals surface area (Å²) in [4.78, 5) is 11.4. The largest absolute Gasteiger partial charge is 0.444 e. The monoisotopic (exact) mass is 413 g/mol. The molecule has 0 saturated carbocycles. The van der Waals surface area contributed by atoms with Gasteiger partial charge in [-0.1, -0.05) is 17.7 Å². The molecule has 1 aromatic carbocycles. The van der Waals surface area contributed by atoms with E-state index in [0.717, 1.165) is 56.3 Å². The van der Waals surface area contributed by atoms with Crippen LogP contribution in [0.25, 0.3) is 11.5 Å². The number of aromatic nitrogens is 1. The molecule has 0 atom stereocenters. The molecule has 1 aliphatic rings. The lowest BCUT2D eigenvalue weighted by molar-refractivity contribution is 0.0532. The van der Waals surface area contributed by atoms with Crippen molar-refractivity contribution >= 4 is 5.96 Å². The summed E-state index contributed by atoms with van der Waals surface area (Å²) in [5, 5.41) is 6.89. The molecule has 1 aromatic heterocycles. The van der Waals surface area contributed by atoms with E-state index in [1.54, 1.807) is 13.3 Å². The summed E-state index contributed by atoms with van der Waals surface area (Å²) in [7, 11) is 1.80. The van der Waals surface area contributed by atoms with Gasteiger partial charge in [-0.3, -0.25) is 4.99 Å². The highest BCUT2D eigenvalue weighted by Crippen LogP contribution is 2.19. The van der Waals surface area contributed by atoms with E-state index in [9.17, 15) is 0 Å². The van der Waals surface area contributed by atoms with Gasteiger partial charge >= 0.3 is 0 Å². The van der Waals surface area contributed by atoms with E-state index in [1.165, 1.54) is 5.56 Å². The zero-order valence-corrected chi connectivity index (χ0v) is 18.6. The highest BCUT2D eigenvalue weighted by molar-refractivity contribution is 5.79. The molecule has 3 rings (SSSR count). The summed E-state index contributed by atoms with van der Waals surface area (Å²) in [6, 6.07) is 8.61. The van der Waals surface area contributed by atoms with Crippen LogP contribution in [-0.2, 0) is 11.3 Å². The number of aryl methyl sites for hydroxylation is 1. The van der Waals surface area contributed by atoms with Crippen LogP contribution in [0.2, 0.25) is 0 Å². The normalized spacial score (nSPS) is 16.2. The van der Waals surface area contributed by atoms with Crippen LogP contribution in [0.3, 0.4) is 0 Å². The van der Waals surface area contributed by atoms with Crippen LogP contribution < -0.4 is 10.6 Å². The lowest BCUT2D eigenvalue weighted by Gasteiger charge is -2.33. The van der Waals surface area contributed by atoms with Crippen LogP contribution in [0.1, 0.15) is 37.9 Å². The van der Waals surface area contributed by atoms with E-state index in [2.05, 4.69) is 58.4 Å². The molecule has 2 aromatic rings. The molecule has 1 saturated heterocycles. The lowest BCUT2D eigenvalue weighted by atomic mass is 10.1. The Morgan fingerprint density at radius 2 is 2.00 bits per heavy atom. The minimum absolute atomic E-state index is 0.302. The van der Waals surface area contributed by atoms with Crippen molar-refractivity contribution in [1.82, 2.24) is 20.5 Å². The summed E-state index contributed by atoms with van der Waals surface area (Å²) in [6.45, 7) is 10.8. The van der Waals surface area contributed by atoms with Gasteiger partial charge in [0.15, 0.2) is 5.96 Å². The van der Waals surface area contributed by atoms with Crippen molar-refractivity contribution in [3.8, 4) is 11.5 Å². The number of piperidine rings is 1. The number of benzene rings is 1. The molecule has 0 bridgehead atoms. The van der Waals surface area contributed by atoms with E-state index in [1.807, 2.05) is 12.1 Å². The number of guanidine groups is 1. The second-order valence-electron chi connectivity index (χ2n) is 8.12. The SMILES string of the molecule is CN=C(NCc1coc(-c2ccc(C)cc2)n1)NC1CCN(CCOC(C)C)CC1. The maximum absolute atomic E-state index is 5.66. The molecule has 0 aliphatic carbocycles. The quantitative estimate of drug-likeness (QED) is 0.511. The van der Waals surface area contributed by atoms with Gasteiger partial charge in [0.2, 0.25) is 5.89 Å². The Labute approximate surface area is 179 Å². The number of hydrogen-bond donors (Lipinski definition) is 2. The smallest absolute Gasteiger partial charge is 0.226 e. The highest BCUT2D eigenvalue weighted by Gasteiger charge is 2.20. The standard InChI is InChI=1S/C23H35N5O2/c1-17(2)29-14-13-28-11-9-20(10-12-28)27-23(24-4)25-15-21-16-30-22(26-21)19-7-5-18(3)6-8-19/h5-8,16-17,20H,9-15H2,1-4H3,(H2,24,25,27). The molecule has 0 spiro atoms. The third kappa shape index (κ3) is 6.85. The molecular weight excluding hydrogens is 378 g/mol. The fourth-order valence-corrected chi connectivity index (χ4v) is 3.50. The number of nitrogens with one attached hydrogen (secondary N) is 2. The Bertz CT molecular complexity index is 792. The Hall–Kier alpha value is -2.38. The first kappa shape index (κ1) is 22.3. The molecule has 2 heterocycles. The minimum Gasteiger partial charge on any atom is -0.444 e. The van der Waals surface area contributed by atoms with E-state index >= 15 is 0 Å². The van der Waals surface area contributed by atoms with Gasteiger partial charge in [-0.05, 0) is 45.7 Å². The van der Waals surface area contributed by atoms with Gasteiger partial charge in [0.05, 0.1) is 24.9 Å². The molecule has 164 valence electrons. The Morgan fingerprint density at radius 1 is 1.27 bits per heavy atom. The highest BCUT2D eigenvalue weighted by atomic mass is 16.5. The fraction of sp³-hybridized carbons (Fsp3) is 0.565. The summed E-state index contributed by atoms with van der Waals surface area (Å²) in [5.74, 6) is 1.44. The number of nitrogens with zero attached hydrogens (tertiary/aromatic N) is 3. The second-order valence-corrected chi connectivity index (χ2v) is 8.12. The van der Waals surface area contributed by atoms with Crippen molar-refractivity contribution in [2.24, 2.45) is 4.99 Å². The van der Waals surface area contributed by atoms with Crippen molar-refractivity contribution in [3.05, 3.63) is 41.8 Å². The number of likely N-dealkylation sites (tertiary alicyclic amines) is 1. The Balaban J connectivity index is 1.41. The second kappa shape index (κ2) is 11.1. The van der Waals surface area contributed by atoms with Crippen LogP contribution in [-0.4, -0.2) is 61.3 Å². The number of hydrogen-bond acceptors (Lipinski definition) is 5. The summed E-state index contributed by atoms with van der Waals surface area (Å²) in [5.41, 5.74) is 3.06. The van der Waals surface area contributed by atoms with E-state index < -0.39 is 0 Å². The zero-order valence-electron chi connectivity index (χ0n) is 18.6. The van der Waals surface area contributed by atoms with Gasteiger partial charge in [0, 0.05) is 38.3 Å². The topological polar surface area (TPSA) is 74.9 Å². The van der Waals surface area contributed by atoms with Crippen LogP contribution in [0.4, 0.5) is 0 Å². The molecule has 1 fully saturated rings. The molecule has 0 amide bonds. The van der Waals surface area contributed by atoms with Gasteiger partial charge < -0.3 is 24.7 Å². The zero-order chi connectivity index (χ0) is 21.3. The first-order valence-corrected chi connectivity index (χ1v) is 10.9. The maximum atomic E-state index is 5.66. The van der Waals surface area contributed by atoms with Gasteiger partial charge in [0.1, 0.15) is 6.26 Å². The van der Waals surface area contributed by atoms with E-state index in [-0.39, 0.29) is 0 Å². The van der Waals surface area contributed by atoms with E-state index in [0.29, 0.717) is 24.6 Å². The molecule has 30 heavy (non-hydrogen) atoms. The first-order valence-electron chi connectivity index (χ1n) is 10.9. The number of oxazole rings is 1. The van der Waals surface area contributed by atoms with Gasteiger partial charge in [0.25, 0.3) is 0 Å². The van der Waals surface area contributed by atoms with Crippen molar-refractivity contribution in [3.63, 3.8) is 0 Å². The molecule has 0 unspecified atom stereocenters. The Kier molecular flexibility index (Phi) is 8.28.